The Kier molecular flexibility index (Phi) is 5.70. The lowest BCUT2D eigenvalue weighted by Crippen LogP contribution is -2.21. The van der Waals surface area contributed by atoms with Gasteiger partial charge in [0.15, 0.2) is 17.2 Å². The van der Waals surface area contributed by atoms with Gasteiger partial charge in [0, 0.05) is 5.56 Å². The fraction of sp³-hybridized carbons (Fsp3) is 0.292. The van der Waals surface area contributed by atoms with Crippen LogP contribution in [0.25, 0.3) is 23.0 Å². The van der Waals surface area contributed by atoms with Crippen molar-refractivity contribution >= 4 is 0 Å². The Morgan fingerprint density at radius 1 is 1.03 bits per heavy atom. The molecule has 9 nitrogen and oxygen atoms in total. The molecule has 1 atom stereocenters. The second kappa shape index (κ2) is 8.95. The zero-order chi connectivity index (χ0) is 22.8. The van der Waals surface area contributed by atoms with Gasteiger partial charge in [-0.2, -0.15) is 10.1 Å². The first-order chi connectivity index (χ1) is 16.2. The highest BCUT2D eigenvalue weighted by atomic mass is 16.5. The predicted molar refractivity (Wildman–Crippen MR) is 119 cm³/mol. The maximum atomic E-state index is 6.05. The number of fused-ring (bicyclic) bond motifs is 1. The summed E-state index contributed by atoms with van der Waals surface area (Å²) >= 11 is 0. The molecule has 1 unspecified atom stereocenters. The minimum absolute atomic E-state index is 0.0920. The molecule has 0 aliphatic carbocycles. The Hall–Kier alpha value is -3.85. The molecule has 0 spiro atoms. The smallest absolute Gasteiger partial charge is 0.278 e. The predicted octanol–water partition coefficient (Wildman–Crippen LogP) is 4.29. The molecule has 4 aromatic rings. The summed E-state index contributed by atoms with van der Waals surface area (Å²) in [7, 11) is 3.26. The van der Waals surface area contributed by atoms with Crippen LogP contribution in [0.3, 0.4) is 0 Å². The van der Waals surface area contributed by atoms with Gasteiger partial charge in [0.05, 0.1) is 39.7 Å². The van der Waals surface area contributed by atoms with E-state index in [1.54, 1.807) is 14.2 Å². The van der Waals surface area contributed by atoms with E-state index in [1.807, 2.05) is 60.1 Å². The van der Waals surface area contributed by atoms with Crippen molar-refractivity contribution in [2.24, 2.45) is 0 Å². The van der Waals surface area contributed by atoms with E-state index in [-0.39, 0.29) is 6.10 Å². The molecule has 0 bridgehead atoms. The summed E-state index contributed by atoms with van der Waals surface area (Å²) < 4.78 is 29.7. The van der Waals surface area contributed by atoms with Gasteiger partial charge in [0.25, 0.3) is 5.89 Å². The van der Waals surface area contributed by atoms with Crippen LogP contribution in [0.15, 0.2) is 53.1 Å². The number of methoxy groups -OCH3 is 2. The Morgan fingerprint density at radius 2 is 1.88 bits per heavy atom. The van der Waals surface area contributed by atoms with Crippen LogP contribution in [-0.2, 0) is 17.9 Å². The van der Waals surface area contributed by atoms with Crippen molar-refractivity contribution in [3.8, 4) is 40.2 Å². The molecule has 33 heavy (non-hydrogen) atoms. The van der Waals surface area contributed by atoms with Crippen LogP contribution in [0.5, 0.6) is 17.2 Å². The molecule has 170 valence electrons. The minimum Gasteiger partial charge on any atom is -0.497 e. The number of ether oxygens (including phenoxy) is 4. The average molecular weight is 448 g/mol. The lowest BCUT2D eigenvalue weighted by molar-refractivity contribution is -0.00115. The van der Waals surface area contributed by atoms with E-state index in [0.717, 1.165) is 22.6 Å². The lowest BCUT2D eigenvalue weighted by Gasteiger charge is -2.24. The van der Waals surface area contributed by atoms with Gasteiger partial charge >= 0.3 is 0 Å². The van der Waals surface area contributed by atoms with Crippen LogP contribution < -0.4 is 14.2 Å². The van der Waals surface area contributed by atoms with Crippen molar-refractivity contribution in [2.75, 3.05) is 20.8 Å². The standard InChI is InChI=1S/C24H24N4O5/c1-4-31-21-11-16(7-10-20(21)30-3)23-25-24(33-27-23)19-12-17-14-32-22(13-28(17)26-19)15-5-8-18(29-2)9-6-15/h5-12,22H,4,13-14H2,1-3H3. The average Bonchev–Trinajstić information content (AvgIpc) is 3.51. The largest absolute Gasteiger partial charge is 0.497 e. The van der Waals surface area contributed by atoms with E-state index in [2.05, 4.69) is 15.2 Å². The molecule has 0 saturated carbocycles. The second-order valence-electron chi connectivity index (χ2n) is 7.50. The van der Waals surface area contributed by atoms with Crippen molar-refractivity contribution in [2.45, 2.75) is 26.2 Å². The molecule has 0 N–H and O–H groups in total. The summed E-state index contributed by atoms with van der Waals surface area (Å²) in [5, 5.41) is 8.81. The number of nitrogens with zero attached hydrogens (tertiary/aromatic N) is 4. The minimum atomic E-state index is -0.0920. The molecule has 2 aromatic carbocycles. The van der Waals surface area contributed by atoms with Crippen molar-refractivity contribution in [3.05, 3.63) is 59.8 Å². The van der Waals surface area contributed by atoms with Gasteiger partial charge in [0.1, 0.15) is 11.9 Å². The van der Waals surface area contributed by atoms with E-state index in [4.69, 9.17) is 23.5 Å². The molecule has 0 saturated heterocycles. The highest BCUT2D eigenvalue weighted by Crippen LogP contribution is 2.33. The first kappa shape index (κ1) is 21.0. The molecule has 0 radical (unpaired) electrons. The Balaban J connectivity index is 1.36. The third kappa shape index (κ3) is 4.14. The Morgan fingerprint density at radius 3 is 2.64 bits per heavy atom. The quantitative estimate of drug-likeness (QED) is 0.413. The summed E-state index contributed by atoms with van der Waals surface area (Å²) in [6.07, 6.45) is -0.0920. The van der Waals surface area contributed by atoms with Crippen molar-refractivity contribution < 1.29 is 23.5 Å². The SMILES string of the molecule is CCOc1cc(-c2noc(-c3cc4n(n3)CC(c3ccc(OC)cc3)OC4)n2)ccc1OC. The molecular formula is C24H24N4O5. The van der Waals surface area contributed by atoms with Crippen LogP contribution >= 0.6 is 0 Å². The van der Waals surface area contributed by atoms with E-state index in [1.165, 1.54) is 0 Å². The number of benzene rings is 2. The summed E-state index contributed by atoms with van der Waals surface area (Å²) in [6.45, 7) is 3.48. The Labute approximate surface area is 190 Å². The zero-order valence-corrected chi connectivity index (χ0v) is 18.6. The third-order valence-corrected chi connectivity index (χ3v) is 5.49. The molecule has 1 aliphatic heterocycles. The molecule has 0 amide bonds. The number of aromatic nitrogens is 4. The molecule has 5 rings (SSSR count). The summed E-state index contributed by atoms with van der Waals surface area (Å²) in [5.41, 5.74) is 3.41. The zero-order valence-electron chi connectivity index (χ0n) is 18.6. The van der Waals surface area contributed by atoms with Gasteiger partial charge in [0.2, 0.25) is 5.82 Å². The van der Waals surface area contributed by atoms with Gasteiger partial charge in [-0.1, -0.05) is 17.3 Å². The number of rotatable bonds is 7. The van der Waals surface area contributed by atoms with Gasteiger partial charge in [-0.3, -0.25) is 4.68 Å². The molecule has 0 fully saturated rings. The van der Waals surface area contributed by atoms with E-state index >= 15 is 0 Å². The molecule has 9 heteroatoms. The molecule has 3 heterocycles. The fourth-order valence-corrected chi connectivity index (χ4v) is 3.78. The number of hydrogen-bond acceptors (Lipinski definition) is 8. The summed E-state index contributed by atoms with van der Waals surface area (Å²) in [6, 6.07) is 15.3. The van der Waals surface area contributed by atoms with Crippen molar-refractivity contribution in [1.82, 2.24) is 19.9 Å². The maximum Gasteiger partial charge on any atom is 0.278 e. The highest BCUT2D eigenvalue weighted by molar-refractivity contribution is 5.62. The monoisotopic (exact) mass is 448 g/mol. The summed E-state index contributed by atoms with van der Waals surface area (Å²) in [5.74, 6) is 2.89. The van der Waals surface area contributed by atoms with Crippen LogP contribution in [-0.4, -0.2) is 40.7 Å². The lowest BCUT2D eigenvalue weighted by atomic mass is 10.1. The van der Waals surface area contributed by atoms with Gasteiger partial charge < -0.3 is 23.5 Å². The van der Waals surface area contributed by atoms with Crippen molar-refractivity contribution in [1.29, 1.82) is 0 Å². The van der Waals surface area contributed by atoms with Gasteiger partial charge in [-0.15, -0.1) is 0 Å². The highest BCUT2D eigenvalue weighted by Gasteiger charge is 2.24. The first-order valence-corrected chi connectivity index (χ1v) is 10.7. The third-order valence-electron chi connectivity index (χ3n) is 5.49. The van der Waals surface area contributed by atoms with Crippen LogP contribution in [0.4, 0.5) is 0 Å². The number of hydrogen-bond donors (Lipinski definition) is 0. The molecule has 1 aliphatic rings. The van der Waals surface area contributed by atoms with Crippen LogP contribution in [0.2, 0.25) is 0 Å². The van der Waals surface area contributed by atoms with E-state index < -0.39 is 0 Å². The van der Waals surface area contributed by atoms with E-state index in [0.29, 0.717) is 48.7 Å². The van der Waals surface area contributed by atoms with Crippen molar-refractivity contribution in [3.63, 3.8) is 0 Å². The van der Waals surface area contributed by atoms with Gasteiger partial charge in [-0.25, -0.2) is 0 Å². The van der Waals surface area contributed by atoms with Crippen LogP contribution in [0, 0.1) is 0 Å². The Bertz CT molecular complexity index is 1250. The summed E-state index contributed by atoms with van der Waals surface area (Å²) in [4.78, 5) is 4.54. The fourth-order valence-electron chi connectivity index (χ4n) is 3.78. The molecular weight excluding hydrogens is 424 g/mol. The van der Waals surface area contributed by atoms with Crippen LogP contribution in [0.1, 0.15) is 24.3 Å². The second-order valence-corrected chi connectivity index (χ2v) is 7.50. The van der Waals surface area contributed by atoms with E-state index in [9.17, 15) is 0 Å². The first-order valence-electron chi connectivity index (χ1n) is 10.7. The molecule has 2 aromatic heterocycles. The normalized spacial score (nSPS) is 15.2. The van der Waals surface area contributed by atoms with Gasteiger partial charge in [-0.05, 0) is 48.9 Å². The maximum absolute atomic E-state index is 6.05. The topological polar surface area (TPSA) is 93.7 Å².